The number of rotatable bonds is 5. The molecule has 1 aromatic heterocycles. The molecule has 2 rings (SSSR count). The molecule has 0 bridgehead atoms. The first-order valence-electron chi connectivity index (χ1n) is 6.25. The summed E-state index contributed by atoms with van der Waals surface area (Å²) in [6.07, 6.45) is 2.08. The van der Waals surface area contributed by atoms with E-state index < -0.39 is 0 Å². The number of nitrogens with two attached hydrogens (primary N) is 1. The first-order valence-corrected chi connectivity index (χ1v) is 7.19. The lowest BCUT2D eigenvalue weighted by Crippen LogP contribution is -2.28. The van der Waals surface area contributed by atoms with Gasteiger partial charge in [0.05, 0.1) is 0 Å². The fraction of sp³-hybridized carbons (Fsp3) is 0.333. The molecule has 3 heteroatoms. The van der Waals surface area contributed by atoms with Crippen molar-refractivity contribution in [2.75, 3.05) is 0 Å². The lowest BCUT2D eigenvalue weighted by molar-refractivity contribution is 0.516. The van der Waals surface area contributed by atoms with Crippen LogP contribution in [0.3, 0.4) is 0 Å². The van der Waals surface area contributed by atoms with Gasteiger partial charge in [0.2, 0.25) is 0 Å². The molecule has 0 aliphatic carbocycles. The summed E-state index contributed by atoms with van der Waals surface area (Å²) in [5.74, 6) is 5.68. The minimum absolute atomic E-state index is 0.226. The van der Waals surface area contributed by atoms with Gasteiger partial charge < -0.3 is 0 Å². The summed E-state index contributed by atoms with van der Waals surface area (Å²) in [6, 6.07) is 8.97. The van der Waals surface area contributed by atoms with E-state index in [2.05, 4.69) is 54.3 Å². The smallest absolute Gasteiger partial charge is 0.0463 e. The first kappa shape index (κ1) is 13.3. The zero-order valence-electron chi connectivity index (χ0n) is 10.9. The van der Waals surface area contributed by atoms with Crippen LogP contribution in [0.15, 0.2) is 35.0 Å². The number of hydrogen-bond donors (Lipinski definition) is 2. The summed E-state index contributed by atoms with van der Waals surface area (Å²) in [6.45, 7) is 4.28. The van der Waals surface area contributed by atoms with Crippen molar-refractivity contribution in [2.45, 2.75) is 32.7 Å². The molecule has 2 nitrogen and oxygen atoms in total. The lowest BCUT2D eigenvalue weighted by atomic mass is 9.97. The quantitative estimate of drug-likeness (QED) is 0.638. The Morgan fingerprint density at radius 2 is 2.06 bits per heavy atom. The van der Waals surface area contributed by atoms with Crippen molar-refractivity contribution in [1.29, 1.82) is 0 Å². The number of benzene rings is 1. The van der Waals surface area contributed by atoms with Crippen LogP contribution in [-0.2, 0) is 6.42 Å². The van der Waals surface area contributed by atoms with Gasteiger partial charge in [-0.15, -0.1) is 0 Å². The zero-order chi connectivity index (χ0) is 13.0. The first-order chi connectivity index (χ1) is 8.70. The predicted octanol–water partition coefficient (Wildman–Crippen LogP) is 3.50. The second-order valence-corrected chi connectivity index (χ2v) is 5.51. The van der Waals surface area contributed by atoms with Gasteiger partial charge >= 0.3 is 0 Å². The number of thiophene rings is 1. The van der Waals surface area contributed by atoms with Gasteiger partial charge in [-0.3, -0.25) is 11.3 Å². The number of hydrogen-bond acceptors (Lipinski definition) is 3. The maximum atomic E-state index is 5.68. The summed E-state index contributed by atoms with van der Waals surface area (Å²) >= 11 is 1.75. The van der Waals surface area contributed by atoms with Crippen LogP contribution in [0, 0.1) is 13.8 Å². The van der Waals surface area contributed by atoms with Crippen LogP contribution in [-0.4, -0.2) is 0 Å². The summed E-state index contributed by atoms with van der Waals surface area (Å²) in [4.78, 5) is 0. The molecule has 3 N–H and O–H groups in total. The Kier molecular flexibility index (Phi) is 4.53. The summed E-state index contributed by atoms with van der Waals surface area (Å²) in [5, 5.41) is 4.32. The van der Waals surface area contributed by atoms with E-state index in [9.17, 15) is 0 Å². The van der Waals surface area contributed by atoms with Crippen molar-refractivity contribution in [3.8, 4) is 0 Å². The molecule has 0 radical (unpaired) electrons. The molecule has 2 aromatic rings. The molecule has 0 spiro atoms. The monoisotopic (exact) mass is 260 g/mol. The number of nitrogens with one attached hydrogen (secondary N) is 1. The molecule has 0 amide bonds. The van der Waals surface area contributed by atoms with Crippen LogP contribution in [0.5, 0.6) is 0 Å². The fourth-order valence-electron chi connectivity index (χ4n) is 2.07. The van der Waals surface area contributed by atoms with Gasteiger partial charge in [-0.1, -0.05) is 18.2 Å². The minimum Gasteiger partial charge on any atom is -0.271 e. The second kappa shape index (κ2) is 6.14. The Labute approximate surface area is 113 Å². The molecular formula is C15H20N2S. The van der Waals surface area contributed by atoms with Crippen LogP contribution in [0.2, 0.25) is 0 Å². The van der Waals surface area contributed by atoms with E-state index >= 15 is 0 Å². The number of aryl methyl sites for hydroxylation is 3. The highest BCUT2D eigenvalue weighted by Crippen LogP contribution is 2.21. The lowest BCUT2D eigenvalue weighted by Gasteiger charge is -2.17. The normalized spacial score (nSPS) is 12.6. The van der Waals surface area contributed by atoms with E-state index in [4.69, 9.17) is 5.84 Å². The largest absolute Gasteiger partial charge is 0.271 e. The molecule has 0 saturated heterocycles. The van der Waals surface area contributed by atoms with Crippen molar-refractivity contribution in [1.82, 2.24) is 5.43 Å². The summed E-state index contributed by atoms with van der Waals surface area (Å²) in [5.41, 5.74) is 8.25. The van der Waals surface area contributed by atoms with Gasteiger partial charge in [0.15, 0.2) is 0 Å². The molecule has 1 atom stereocenters. The standard InChI is InChI=1S/C15H20N2S/c1-11-3-5-14(9-12(11)2)15(17-16)6-4-13-7-8-18-10-13/h3,5,7-10,15,17H,4,6,16H2,1-2H3. The molecule has 18 heavy (non-hydrogen) atoms. The highest BCUT2D eigenvalue weighted by atomic mass is 32.1. The average molecular weight is 260 g/mol. The van der Waals surface area contributed by atoms with Crippen molar-refractivity contribution in [3.63, 3.8) is 0 Å². The zero-order valence-corrected chi connectivity index (χ0v) is 11.8. The van der Waals surface area contributed by atoms with E-state index in [-0.39, 0.29) is 6.04 Å². The van der Waals surface area contributed by atoms with E-state index in [0.717, 1.165) is 12.8 Å². The Hall–Kier alpha value is -1.16. The third-order valence-corrected chi connectivity index (χ3v) is 4.17. The second-order valence-electron chi connectivity index (χ2n) is 4.73. The molecule has 0 aliphatic heterocycles. The Morgan fingerprint density at radius 3 is 2.67 bits per heavy atom. The van der Waals surface area contributed by atoms with E-state index in [1.807, 2.05) is 0 Å². The van der Waals surface area contributed by atoms with Crippen LogP contribution < -0.4 is 11.3 Å². The third kappa shape index (κ3) is 3.19. The third-order valence-electron chi connectivity index (χ3n) is 3.44. The van der Waals surface area contributed by atoms with Gasteiger partial charge in [0.1, 0.15) is 0 Å². The van der Waals surface area contributed by atoms with Crippen molar-refractivity contribution < 1.29 is 0 Å². The molecule has 0 fully saturated rings. The Morgan fingerprint density at radius 1 is 1.22 bits per heavy atom. The molecule has 1 heterocycles. The molecule has 1 unspecified atom stereocenters. The van der Waals surface area contributed by atoms with Crippen LogP contribution in [0.1, 0.15) is 34.7 Å². The van der Waals surface area contributed by atoms with Crippen LogP contribution in [0.25, 0.3) is 0 Å². The van der Waals surface area contributed by atoms with Crippen molar-refractivity contribution in [2.24, 2.45) is 5.84 Å². The Bertz CT molecular complexity index is 491. The van der Waals surface area contributed by atoms with E-state index in [0.29, 0.717) is 0 Å². The average Bonchev–Trinajstić information content (AvgIpc) is 2.87. The van der Waals surface area contributed by atoms with Crippen LogP contribution in [0.4, 0.5) is 0 Å². The topological polar surface area (TPSA) is 38.0 Å². The van der Waals surface area contributed by atoms with Gasteiger partial charge in [-0.05, 0) is 65.8 Å². The maximum absolute atomic E-state index is 5.68. The highest BCUT2D eigenvalue weighted by Gasteiger charge is 2.10. The van der Waals surface area contributed by atoms with Gasteiger partial charge in [0.25, 0.3) is 0 Å². The fourth-order valence-corrected chi connectivity index (χ4v) is 2.78. The maximum Gasteiger partial charge on any atom is 0.0463 e. The summed E-state index contributed by atoms with van der Waals surface area (Å²) < 4.78 is 0. The molecular weight excluding hydrogens is 240 g/mol. The molecule has 0 saturated carbocycles. The van der Waals surface area contributed by atoms with Gasteiger partial charge in [-0.25, -0.2) is 0 Å². The minimum atomic E-state index is 0.226. The van der Waals surface area contributed by atoms with E-state index in [1.54, 1.807) is 11.3 Å². The molecule has 96 valence electrons. The van der Waals surface area contributed by atoms with Crippen LogP contribution >= 0.6 is 11.3 Å². The predicted molar refractivity (Wildman–Crippen MR) is 78.6 cm³/mol. The number of hydrazine groups is 1. The van der Waals surface area contributed by atoms with Crippen molar-refractivity contribution in [3.05, 3.63) is 57.3 Å². The highest BCUT2D eigenvalue weighted by molar-refractivity contribution is 7.07. The summed E-state index contributed by atoms with van der Waals surface area (Å²) in [7, 11) is 0. The SMILES string of the molecule is Cc1ccc(C(CCc2ccsc2)NN)cc1C. The van der Waals surface area contributed by atoms with Gasteiger partial charge in [-0.2, -0.15) is 11.3 Å². The van der Waals surface area contributed by atoms with Gasteiger partial charge in [0, 0.05) is 6.04 Å². The van der Waals surface area contributed by atoms with E-state index in [1.165, 1.54) is 22.3 Å². The molecule has 0 aliphatic rings. The molecule has 1 aromatic carbocycles. The van der Waals surface area contributed by atoms with Crippen molar-refractivity contribution >= 4 is 11.3 Å². The Balaban J connectivity index is 2.05.